The Bertz CT molecular complexity index is 1670. The van der Waals surface area contributed by atoms with E-state index in [-0.39, 0.29) is 91.6 Å². The Balaban J connectivity index is -0.00000135. The number of likely N-dealkylation sites (tertiary alicyclic amines) is 1. The number of nitrogens with two attached hydrogens (primary N) is 1. The number of benzene rings is 1. The van der Waals surface area contributed by atoms with Crippen molar-refractivity contribution in [3.8, 4) is 0 Å². The Morgan fingerprint density at radius 2 is 1.44 bits per heavy atom. The van der Waals surface area contributed by atoms with E-state index in [1.807, 2.05) is 46.8 Å². The lowest BCUT2D eigenvalue weighted by Crippen LogP contribution is -2.51. The predicted octanol–water partition coefficient (Wildman–Crippen LogP) is 5.10. The summed E-state index contributed by atoms with van der Waals surface area (Å²) in [5.41, 5.74) is 5.46. The van der Waals surface area contributed by atoms with Gasteiger partial charge in [0.05, 0.1) is 24.4 Å². The minimum absolute atomic E-state index is 0.0496. The van der Waals surface area contributed by atoms with Crippen molar-refractivity contribution in [2.45, 2.75) is 157 Å². The highest BCUT2D eigenvalue weighted by atomic mass is 32.2. The third kappa shape index (κ3) is 34.3. The Morgan fingerprint density at radius 1 is 0.847 bits per heavy atom. The minimum Gasteiger partial charge on any atom is -0.463 e. The maximum atomic E-state index is 12.7. The number of rotatable bonds is 29. The van der Waals surface area contributed by atoms with Crippen LogP contribution in [0.3, 0.4) is 0 Å². The molecule has 20 heteroatoms. The molecule has 72 heavy (non-hydrogen) atoms. The van der Waals surface area contributed by atoms with Gasteiger partial charge in [0.2, 0.25) is 47.8 Å². The SMILES string of the molecule is CCC.CCC(C)CCSC1CC(=O)N(CCCCCC(=O)NC(C(=O)NCC(=O)Nc2ccc(COC=O)cc2)C(C)C)C1=O.CCCN(C)C(=O)CNC(=O)C(C(C)C)N(C)C.CCCNC.NC=O. The first kappa shape index (κ1) is 71.2. The number of hydrogen-bond acceptors (Lipinski definition) is 13. The van der Waals surface area contributed by atoms with Crippen LogP contribution in [0.25, 0.3) is 0 Å². The van der Waals surface area contributed by atoms with Crippen molar-refractivity contribution >= 4 is 71.7 Å². The molecule has 0 bridgehead atoms. The summed E-state index contributed by atoms with van der Waals surface area (Å²) in [5, 5.41) is 13.5. The summed E-state index contributed by atoms with van der Waals surface area (Å²) in [5.74, 6) is -0.0225. The van der Waals surface area contributed by atoms with Gasteiger partial charge in [0.15, 0.2) is 0 Å². The standard InChI is InChI=1S/C31H46N4O7S.C13H27N3O2.C4H11N.C3H8.CH3NO/c1-5-22(4)14-16-43-25-17-28(39)35(31(25)41)15-8-6-7-9-26(37)34-29(21(2)3)30(40)32-18-27(38)33-24-12-10-23(11-13-24)19-42-20-36;1-7-8-16(6)11(17)9-14-13(18)12(10(2)3)15(4)5;1-3-4-5-2;1-3-2;2-1-3/h10-13,20-22,25,29H,5-9,14-19H2,1-4H3,(H,32,40)(H,33,38)(H,34,37);10,12H,7-9H2,1-6H3,(H,14,18);5H,3-4H2,1-2H3;3H2,1-2H3;1H,(H2,2,3). The second kappa shape index (κ2) is 44.6. The summed E-state index contributed by atoms with van der Waals surface area (Å²) < 4.78 is 4.68. The molecule has 1 aromatic rings. The normalized spacial score (nSPS) is 13.8. The number of thioether (sulfide) groups is 1. The van der Waals surface area contributed by atoms with Crippen LogP contribution in [0.5, 0.6) is 0 Å². The Hall–Kier alpha value is -5.08. The van der Waals surface area contributed by atoms with Crippen LogP contribution in [0.15, 0.2) is 24.3 Å². The number of nitrogens with one attached hydrogen (secondary N) is 5. The molecule has 0 radical (unpaired) electrons. The highest BCUT2D eigenvalue weighted by molar-refractivity contribution is 8.00. The predicted molar refractivity (Wildman–Crippen MR) is 290 cm³/mol. The van der Waals surface area contributed by atoms with Crippen molar-refractivity contribution in [2.24, 2.45) is 23.5 Å². The van der Waals surface area contributed by atoms with Crippen molar-refractivity contribution in [1.29, 1.82) is 0 Å². The molecule has 8 amide bonds. The lowest BCUT2D eigenvalue weighted by atomic mass is 10.0. The molecule has 0 saturated carbocycles. The van der Waals surface area contributed by atoms with Gasteiger partial charge in [-0.2, -0.15) is 0 Å². The molecule has 0 spiro atoms. The second-order valence-electron chi connectivity index (χ2n) is 18.4. The molecule has 4 atom stereocenters. The van der Waals surface area contributed by atoms with Crippen LogP contribution in [-0.2, 0) is 54.5 Å². The van der Waals surface area contributed by atoms with Gasteiger partial charge in [-0.15, -0.1) is 11.8 Å². The number of carbonyl (C=O) groups is 9. The fourth-order valence-electron chi connectivity index (χ4n) is 6.69. The topological polar surface area (TPSA) is 259 Å². The fourth-order valence-corrected chi connectivity index (χ4v) is 8.04. The molecule has 1 heterocycles. The Labute approximate surface area is 436 Å². The molecule has 19 nitrogen and oxygen atoms in total. The van der Waals surface area contributed by atoms with Crippen LogP contribution in [-0.4, -0.2) is 153 Å². The van der Waals surface area contributed by atoms with Gasteiger partial charge in [0, 0.05) is 38.7 Å². The van der Waals surface area contributed by atoms with Crippen molar-refractivity contribution in [1.82, 2.24) is 36.0 Å². The molecule has 4 unspecified atom stereocenters. The Morgan fingerprint density at radius 3 is 1.93 bits per heavy atom. The van der Waals surface area contributed by atoms with E-state index in [4.69, 9.17) is 4.79 Å². The van der Waals surface area contributed by atoms with Crippen molar-refractivity contribution in [2.75, 3.05) is 72.0 Å². The molecule has 1 aliphatic rings. The molecule has 414 valence electrons. The van der Waals surface area contributed by atoms with Crippen LogP contribution in [0.2, 0.25) is 0 Å². The molecule has 1 aromatic carbocycles. The van der Waals surface area contributed by atoms with Crippen LogP contribution >= 0.6 is 11.8 Å². The van der Waals surface area contributed by atoms with Gasteiger partial charge in [-0.25, -0.2) is 0 Å². The number of likely N-dealkylation sites (N-methyl/N-ethyl adjacent to an activating group) is 2. The molecule has 0 aliphatic carbocycles. The van der Waals surface area contributed by atoms with E-state index in [1.54, 1.807) is 61.8 Å². The summed E-state index contributed by atoms with van der Waals surface area (Å²) in [4.78, 5) is 110. The number of primary amides is 1. The smallest absolute Gasteiger partial charge is 0.293 e. The van der Waals surface area contributed by atoms with Crippen molar-refractivity contribution in [3.63, 3.8) is 0 Å². The zero-order valence-electron chi connectivity index (χ0n) is 46.4. The molecular weight excluding hydrogens is 943 g/mol. The molecular formula is C52H95N9O10S. The number of anilines is 1. The fraction of sp³-hybridized carbons (Fsp3) is 0.712. The molecule has 1 aliphatic heterocycles. The van der Waals surface area contributed by atoms with Crippen molar-refractivity contribution in [3.05, 3.63) is 29.8 Å². The average Bonchev–Trinajstić information content (AvgIpc) is 3.59. The van der Waals surface area contributed by atoms with Crippen molar-refractivity contribution < 1.29 is 47.9 Å². The summed E-state index contributed by atoms with van der Waals surface area (Å²) >= 11 is 1.58. The number of hydrogen-bond donors (Lipinski definition) is 6. The minimum atomic E-state index is -0.799. The van der Waals surface area contributed by atoms with E-state index in [2.05, 4.69) is 71.7 Å². The van der Waals surface area contributed by atoms with E-state index in [0.717, 1.165) is 43.7 Å². The van der Waals surface area contributed by atoms with E-state index >= 15 is 0 Å². The van der Waals surface area contributed by atoms with E-state index < -0.39 is 17.9 Å². The highest BCUT2D eigenvalue weighted by Crippen LogP contribution is 2.27. The van der Waals surface area contributed by atoms with Gasteiger partial charge in [0.25, 0.3) is 6.47 Å². The largest absolute Gasteiger partial charge is 0.463 e. The zero-order chi connectivity index (χ0) is 55.6. The first-order valence-electron chi connectivity index (χ1n) is 25.6. The van der Waals surface area contributed by atoms with Crippen LogP contribution in [0, 0.1) is 17.8 Å². The number of nitrogens with zero attached hydrogens (tertiary/aromatic N) is 3. The molecule has 7 N–H and O–H groups in total. The third-order valence-electron chi connectivity index (χ3n) is 10.7. The third-order valence-corrected chi connectivity index (χ3v) is 12.0. The van der Waals surface area contributed by atoms with Gasteiger partial charge in [-0.1, -0.05) is 101 Å². The molecule has 2 rings (SSSR count). The van der Waals surface area contributed by atoms with E-state index in [1.165, 1.54) is 17.7 Å². The van der Waals surface area contributed by atoms with Gasteiger partial charge >= 0.3 is 0 Å². The van der Waals surface area contributed by atoms with E-state index in [9.17, 15) is 38.4 Å². The lowest BCUT2D eigenvalue weighted by Gasteiger charge is -2.27. The zero-order valence-corrected chi connectivity index (χ0v) is 47.2. The summed E-state index contributed by atoms with van der Waals surface area (Å²) in [6.07, 6.45) is 8.11. The molecule has 1 fully saturated rings. The van der Waals surface area contributed by atoms with Gasteiger partial charge in [0.1, 0.15) is 12.6 Å². The van der Waals surface area contributed by atoms with Crippen LogP contribution < -0.4 is 32.3 Å². The van der Waals surface area contributed by atoms with E-state index in [0.29, 0.717) is 43.9 Å². The number of imide groups is 1. The first-order chi connectivity index (χ1) is 34.1. The average molecular weight is 1040 g/mol. The maximum absolute atomic E-state index is 12.7. The maximum Gasteiger partial charge on any atom is 0.293 e. The summed E-state index contributed by atoms with van der Waals surface area (Å²) in [7, 11) is 7.46. The number of carbonyl (C=O) groups excluding carboxylic acids is 9. The van der Waals surface area contributed by atoms with Crippen LogP contribution in [0.1, 0.15) is 139 Å². The first-order valence-corrected chi connectivity index (χ1v) is 26.6. The molecule has 0 aromatic heterocycles. The second-order valence-corrected chi connectivity index (χ2v) is 19.7. The quantitative estimate of drug-likeness (QED) is 0.0347. The van der Waals surface area contributed by atoms with Gasteiger partial charge in [-0.05, 0) is 101 Å². The molecule has 1 saturated heterocycles. The summed E-state index contributed by atoms with van der Waals surface area (Å²) in [6.45, 7) is 22.9. The number of unbranched alkanes of at least 4 members (excludes halogenated alkanes) is 2. The van der Waals surface area contributed by atoms with Gasteiger partial charge < -0.3 is 42.0 Å². The summed E-state index contributed by atoms with van der Waals surface area (Å²) in [6, 6.07) is 5.73. The Kier molecular flexibility index (Phi) is 44.1. The van der Waals surface area contributed by atoms with Crippen LogP contribution in [0.4, 0.5) is 5.69 Å². The highest BCUT2D eigenvalue weighted by Gasteiger charge is 2.38. The van der Waals surface area contributed by atoms with Gasteiger partial charge in [-0.3, -0.25) is 53.0 Å². The lowest BCUT2D eigenvalue weighted by molar-refractivity contribution is -0.138. The number of ether oxygens (including phenoxy) is 1. The monoisotopic (exact) mass is 1040 g/mol. The number of amides is 8.